The van der Waals surface area contributed by atoms with Crippen LogP contribution in [0.5, 0.6) is 5.75 Å². The highest BCUT2D eigenvalue weighted by Crippen LogP contribution is 2.20. The molecule has 1 aromatic rings. The van der Waals surface area contributed by atoms with Crippen LogP contribution in [0.15, 0.2) is 23.2 Å². The number of hydrogen-bond donors (Lipinski definition) is 2. The Balaban J connectivity index is 0.00000338. The minimum absolute atomic E-state index is 0. The molecule has 0 radical (unpaired) electrons. The van der Waals surface area contributed by atoms with Crippen molar-refractivity contribution in [1.82, 2.24) is 15.5 Å². The number of nitrogens with zero attached hydrogens (tertiary/aromatic N) is 2. The number of methoxy groups -OCH3 is 1. The van der Waals surface area contributed by atoms with Crippen LogP contribution in [0, 0.1) is 12.8 Å². The summed E-state index contributed by atoms with van der Waals surface area (Å²) in [4.78, 5) is 6.93. The lowest BCUT2D eigenvalue weighted by Crippen LogP contribution is -2.46. The number of rotatable bonds is 6. The lowest BCUT2D eigenvalue weighted by molar-refractivity contribution is 0.141. The van der Waals surface area contributed by atoms with Gasteiger partial charge in [0.05, 0.1) is 7.11 Å². The predicted molar refractivity (Wildman–Crippen MR) is 121 cm³/mol. The van der Waals surface area contributed by atoms with Crippen molar-refractivity contribution in [2.75, 3.05) is 33.8 Å². The van der Waals surface area contributed by atoms with Gasteiger partial charge in [0.2, 0.25) is 0 Å². The summed E-state index contributed by atoms with van der Waals surface area (Å²) in [5.41, 5.74) is 2.34. The lowest BCUT2D eigenvalue weighted by atomic mass is 9.97. The summed E-state index contributed by atoms with van der Waals surface area (Å²) in [6, 6.07) is 6.92. The van der Waals surface area contributed by atoms with Crippen LogP contribution >= 0.6 is 24.0 Å². The third kappa shape index (κ3) is 6.95. The summed E-state index contributed by atoms with van der Waals surface area (Å²) >= 11 is 0. The van der Waals surface area contributed by atoms with Gasteiger partial charge in [0, 0.05) is 38.3 Å². The number of benzene rings is 1. The maximum absolute atomic E-state index is 5.48. The van der Waals surface area contributed by atoms with Gasteiger partial charge < -0.3 is 20.3 Å². The number of piperidine rings is 1. The summed E-state index contributed by atoms with van der Waals surface area (Å²) in [7, 11) is 3.54. The van der Waals surface area contributed by atoms with Gasteiger partial charge in [-0.05, 0) is 57.7 Å². The normalized spacial score (nSPS) is 18.4. The second-order valence-corrected chi connectivity index (χ2v) is 7.22. The Bertz CT molecular complexity index is 577. The van der Waals surface area contributed by atoms with Gasteiger partial charge in [-0.3, -0.25) is 4.99 Å². The molecule has 0 saturated carbocycles. The Hall–Kier alpha value is -1.02. The van der Waals surface area contributed by atoms with E-state index in [1.54, 1.807) is 7.11 Å². The number of nitrogens with one attached hydrogen (secondary N) is 2. The largest absolute Gasteiger partial charge is 0.496 e. The molecule has 0 aromatic heterocycles. The topological polar surface area (TPSA) is 48.9 Å². The molecule has 26 heavy (non-hydrogen) atoms. The van der Waals surface area contributed by atoms with Crippen molar-refractivity contribution in [3.8, 4) is 5.75 Å². The number of halogens is 1. The van der Waals surface area contributed by atoms with E-state index in [0.717, 1.165) is 23.8 Å². The fourth-order valence-corrected chi connectivity index (χ4v) is 3.37. The zero-order chi connectivity index (χ0) is 18.2. The number of likely N-dealkylation sites (tertiary alicyclic amines) is 1. The van der Waals surface area contributed by atoms with Crippen molar-refractivity contribution < 1.29 is 4.74 Å². The van der Waals surface area contributed by atoms with Crippen molar-refractivity contribution in [2.45, 2.75) is 46.2 Å². The molecule has 0 spiro atoms. The maximum atomic E-state index is 5.48. The standard InChI is InChI=1S/C20H34N4O.HI/c1-15(2)24-10-6-7-17(14-24)12-22-20(21-4)23-13-18-9-8-16(3)11-19(18)25-5;/h8-9,11,15,17H,6-7,10,12-14H2,1-5H3,(H2,21,22,23);1H. The predicted octanol–water partition coefficient (Wildman–Crippen LogP) is 3.41. The first-order valence-electron chi connectivity index (χ1n) is 9.35. The molecule has 1 atom stereocenters. The fraction of sp³-hybridized carbons (Fsp3) is 0.650. The number of hydrogen-bond acceptors (Lipinski definition) is 3. The highest BCUT2D eigenvalue weighted by atomic mass is 127. The number of aryl methyl sites for hydroxylation is 1. The average Bonchev–Trinajstić information content (AvgIpc) is 2.62. The van der Waals surface area contributed by atoms with Crippen LogP contribution in [0.3, 0.4) is 0 Å². The molecule has 0 amide bonds. The van der Waals surface area contributed by atoms with Crippen LogP contribution in [0.2, 0.25) is 0 Å². The van der Waals surface area contributed by atoms with Gasteiger partial charge in [-0.1, -0.05) is 12.1 Å². The lowest BCUT2D eigenvalue weighted by Gasteiger charge is -2.35. The zero-order valence-electron chi connectivity index (χ0n) is 16.8. The second kappa shape index (κ2) is 11.6. The summed E-state index contributed by atoms with van der Waals surface area (Å²) in [5.74, 6) is 2.45. The summed E-state index contributed by atoms with van der Waals surface area (Å²) in [6.45, 7) is 10.7. The maximum Gasteiger partial charge on any atom is 0.191 e. The van der Waals surface area contributed by atoms with Gasteiger partial charge in [0.15, 0.2) is 5.96 Å². The van der Waals surface area contributed by atoms with E-state index >= 15 is 0 Å². The molecular formula is C20H35IN4O. The van der Waals surface area contributed by atoms with Gasteiger partial charge in [-0.15, -0.1) is 24.0 Å². The van der Waals surface area contributed by atoms with E-state index in [0.29, 0.717) is 18.5 Å². The van der Waals surface area contributed by atoms with Gasteiger partial charge in [0.1, 0.15) is 5.75 Å². The summed E-state index contributed by atoms with van der Waals surface area (Å²) in [6.07, 6.45) is 2.58. The Morgan fingerprint density at radius 1 is 1.35 bits per heavy atom. The smallest absolute Gasteiger partial charge is 0.191 e. The summed E-state index contributed by atoms with van der Waals surface area (Å²) < 4.78 is 5.48. The number of guanidine groups is 1. The molecule has 1 heterocycles. The first kappa shape index (κ1) is 23.0. The van der Waals surface area contributed by atoms with Gasteiger partial charge in [-0.2, -0.15) is 0 Å². The Morgan fingerprint density at radius 3 is 2.77 bits per heavy atom. The zero-order valence-corrected chi connectivity index (χ0v) is 19.2. The van der Waals surface area contributed by atoms with E-state index in [-0.39, 0.29) is 24.0 Å². The van der Waals surface area contributed by atoms with Crippen LogP contribution in [-0.2, 0) is 6.54 Å². The quantitative estimate of drug-likeness (QED) is 0.377. The number of aliphatic imine (C=N–C) groups is 1. The molecule has 2 rings (SSSR count). The third-order valence-electron chi connectivity index (χ3n) is 4.95. The van der Waals surface area contributed by atoms with Gasteiger partial charge in [-0.25, -0.2) is 0 Å². The molecule has 2 N–H and O–H groups in total. The van der Waals surface area contributed by atoms with E-state index in [1.807, 2.05) is 7.05 Å². The van der Waals surface area contributed by atoms with E-state index in [1.165, 1.54) is 31.5 Å². The average molecular weight is 474 g/mol. The van der Waals surface area contributed by atoms with E-state index in [4.69, 9.17) is 4.74 Å². The molecule has 1 aromatic carbocycles. The van der Waals surface area contributed by atoms with Crippen molar-refractivity contribution >= 4 is 29.9 Å². The SMILES string of the molecule is CN=C(NCc1ccc(C)cc1OC)NCC1CCCN(C(C)C)C1.I. The molecule has 1 saturated heterocycles. The molecular weight excluding hydrogens is 439 g/mol. The van der Waals surface area contributed by atoms with Crippen molar-refractivity contribution in [1.29, 1.82) is 0 Å². The van der Waals surface area contributed by atoms with Crippen LogP contribution in [0.4, 0.5) is 0 Å². The van der Waals surface area contributed by atoms with E-state index in [9.17, 15) is 0 Å². The molecule has 148 valence electrons. The highest BCUT2D eigenvalue weighted by molar-refractivity contribution is 14.0. The van der Waals surface area contributed by atoms with E-state index in [2.05, 4.69) is 59.5 Å². The van der Waals surface area contributed by atoms with Crippen LogP contribution in [-0.4, -0.2) is 50.7 Å². The first-order chi connectivity index (χ1) is 12.0. The van der Waals surface area contributed by atoms with Crippen LogP contribution < -0.4 is 15.4 Å². The molecule has 5 nitrogen and oxygen atoms in total. The van der Waals surface area contributed by atoms with Crippen LogP contribution in [0.1, 0.15) is 37.8 Å². The van der Waals surface area contributed by atoms with Gasteiger partial charge >= 0.3 is 0 Å². The van der Waals surface area contributed by atoms with Gasteiger partial charge in [0.25, 0.3) is 0 Å². The minimum atomic E-state index is 0. The molecule has 1 unspecified atom stereocenters. The molecule has 1 aliphatic heterocycles. The molecule has 6 heteroatoms. The monoisotopic (exact) mass is 474 g/mol. The first-order valence-corrected chi connectivity index (χ1v) is 9.35. The Morgan fingerprint density at radius 2 is 2.12 bits per heavy atom. The van der Waals surface area contributed by atoms with E-state index < -0.39 is 0 Å². The van der Waals surface area contributed by atoms with Crippen molar-refractivity contribution in [2.24, 2.45) is 10.9 Å². The Labute approximate surface area is 176 Å². The number of ether oxygens (including phenoxy) is 1. The molecule has 0 bridgehead atoms. The van der Waals surface area contributed by atoms with Crippen LogP contribution in [0.25, 0.3) is 0 Å². The highest BCUT2D eigenvalue weighted by Gasteiger charge is 2.21. The minimum Gasteiger partial charge on any atom is -0.496 e. The fourth-order valence-electron chi connectivity index (χ4n) is 3.37. The summed E-state index contributed by atoms with van der Waals surface area (Å²) in [5, 5.41) is 6.89. The molecule has 0 aliphatic carbocycles. The second-order valence-electron chi connectivity index (χ2n) is 7.22. The van der Waals surface area contributed by atoms with Crippen molar-refractivity contribution in [3.05, 3.63) is 29.3 Å². The Kier molecular flexibility index (Phi) is 10.3. The van der Waals surface area contributed by atoms with Crippen molar-refractivity contribution in [3.63, 3.8) is 0 Å². The molecule has 1 aliphatic rings. The molecule has 1 fully saturated rings. The third-order valence-corrected chi connectivity index (χ3v) is 4.95.